The SMILES string of the molecule is CC(=O)N[C@H]1CCO[C@@H](c2cccc(NC(=O)CC[C@H]3N=NC=C3C)c2)C1. The Hall–Kier alpha value is -2.54. The Bertz CT molecular complexity index is 759. The van der Waals surface area contributed by atoms with E-state index in [1.165, 1.54) is 6.92 Å². The third-order valence-corrected chi connectivity index (χ3v) is 4.87. The van der Waals surface area contributed by atoms with Crippen molar-refractivity contribution in [2.75, 3.05) is 11.9 Å². The standard InChI is InChI=1S/C20H26N4O3/c1-13-12-21-24-18(13)6-7-20(26)23-16-5-3-4-15(10-16)19-11-17(8-9-27-19)22-14(2)25/h3-5,10,12,17-19H,6-9,11H2,1-2H3,(H,22,25)(H,23,26)/t17-,18+,19+/m0/s1. The molecule has 0 spiro atoms. The summed E-state index contributed by atoms with van der Waals surface area (Å²) in [5, 5.41) is 13.9. The van der Waals surface area contributed by atoms with E-state index in [2.05, 4.69) is 20.9 Å². The van der Waals surface area contributed by atoms with Crippen molar-refractivity contribution in [3.63, 3.8) is 0 Å². The maximum Gasteiger partial charge on any atom is 0.224 e. The summed E-state index contributed by atoms with van der Waals surface area (Å²) in [4.78, 5) is 23.5. The second-order valence-corrected chi connectivity index (χ2v) is 7.11. The molecule has 2 aliphatic rings. The van der Waals surface area contributed by atoms with Gasteiger partial charge < -0.3 is 15.4 Å². The molecular formula is C20H26N4O3. The molecule has 1 saturated heterocycles. The van der Waals surface area contributed by atoms with Crippen LogP contribution in [0.25, 0.3) is 0 Å². The normalized spacial score (nSPS) is 24.4. The summed E-state index contributed by atoms with van der Waals surface area (Å²) in [6, 6.07) is 7.85. The van der Waals surface area contributed by atoms with E-state index in [-0.39, 0.29) is 30.0 Å². The number of hydrogen-bond donors (Lipinski definition) is 2. The quantitative estimate of drug-likeness (QED) is 0.803. The van der Waals surface area contributed by atoms with Crippen LogP contribution >= 0.6 is 0 Å². The van der Waals surface area contributed by atoms with E-state index in [9.17, 15) is 9.59 Å². The first-order valence-corrected chi connectivity index (χ1v) is 9.36. The molecule has 0 saturated carbocycles. The summed E-state index contributed by atoms with van der Waals surface area (Å²) in [5.41, 5.74) is 2.85. The number of azo groups is 1. The maximum atomic E-state index is 12.3. The van der Waals surface area contributed by atoms with Gasteiger partial charge in [-0.2, -0.15) is 10.2 Å². The highest BCUT2D eigenvalue weighted by Gasteiger charge is 2.24. The molecule has 0 unspecified atom stereocenters. The third kappa shape index (κ3) is 5.47. The Labute approximate surface area is 159 Å². The van der Waals surface area contributed by atoms with E-state index in [1.807, 2.05) is 31.2 Å². The first kappa shape index (κ1) is 19.2. The molecule has 1 fully saturated rings. The Balaban J connectivity index is 1.55. The molecule has 0 radical (unpaired) electrons. The van der Waals surface area contributed by atoms with Crippen molar-refractivity contribution in [3.8, 4) is 0 Å². The fourth-order valence-electron chi connectivity index (χ4n) is 3.42. The number of ether oxygens (including phenoxy) is 1. The van der Waals surface area contributed by atoms with Crippen molar-refractivity contribution in [1.82, 2.24) is 5.32 Å². The minimum atomic E-state index is -0.0841. The Morgan fingerprint density at radius 1 is 1.33 bits per heavy atom. The molecule has 2 amide bonds. The van der Waals surface area contributed by atoms with Crippen molar-refractivity contribution in [1.29, 1.82) is 0 Å². The molecule has 3 atom stereocenters. The van der Waals surface area contributed by atoms with Gasteiger partial charge in [-0.05, 0) is 49.5 Å². The molecule has 1 aromatic rings. The second-order valence-electron chi connectivity index (χ2n) is 7.11. The number of carbonyl (C=O) groups excluding carboxylic acids is 2. The minimum absolute atomic E-state index is 0.0171. The lowest BCUT2D eigenvalue weighted by Gasteiger charge is -2.30. The van der Waals surface area contributed by atoms with Crippen LogP contribution in [0, 0.1) is 0 Å². The monoisotopic (exact) mass is 370 g/mol. The average Bonchev–Trinajstić information content (AvgIpc) is 3.05. The summed E-state index contributed by atoms with van der Waals surface area (Å²) in [5.74, 6) is -0.0590. The van der Waals surface area contributed by atoms with Crippen LogP contribution in [0.4, 0.5) is 5.69 Å². The van der Waals surface area contributed by atoms with Gasteiger partial charge in [-0.25, -0.2) is 0 Å². The van der Waals surface area contributed by atoms with E-state index in [0.717, 1.165) is 29.7 Å². The van der Waals surface area contributed by atoms with Gasteiger partial charge in [0.05, 0.1) is 18.3 Å². The molecule has 0 aliphatic carbocycles. The van der Waals surface area contributed by atoms with E-state index >= 15 is 0 Å². The zero-order valence-electron chi connectivity index (χ0n) is 15.8. The Morgan fingerprint density at radius 2 is 2.19 bits per heavy atom. The summed E-state index contributed by atoms with van der Waals surface area (Å²) in [7, 11) is 0. The van der Waals surface area contributed by atoms with Crippen LogP contribution in [-0.4, -0.2) is 30.5 Å². The molecule has 1 aromatic carbocycles. The number of rotatable bonds is 6. The Kier molecular flexibility index (Phi) is 6.34. The van der Waals surface area contributed by atoms with E-state index in [4.69, 9.17) is 4.74 Å². The van der Waals surface area contributed by atoms with Gasteiger partial charge in [-0.3, -0.25) is 9.59 Å². The molecule has 3 rings (SSSR count). The molecule has 0 bridgehead atoms. The van der Waals surface area contributed by atoms with Gasteiger partial charge in [0.25, 0.3) is 0 Å². The average molecular weight is 370 g/mol. The number of nitrogens with zero attached hydrogens (tertiary/aromatic N) is 2. The van der Waals surface area contributed by atoms with E-state index in [0.29, 0.717) is 19.4 Å². The maximum absolute atomic E-state index is 12.3. The number of amides is 2. The van der Waals surface area contributed by atoms with Crippen molar-refractivity contribution < 1.29 is 14.3 Å². The topological polar surface area (TPSA) is 92.2 Å². The number of hydrogen-bond acceptors (Lipinski definition) is 5. The molecule has 144 valence electrons. The Morgan fingerprint density at radius 3 is 2.93 bits per heavy atom. The molecule has 0 aromatic heterocycles. The molecule has 7 nitrogen and oxygen atoms in total. The second kappa shape index (κ2) is 8.90. The van der Waals surface area contributed by atoms with Crippen LogP contribution < -0.4 is 10.6 Å². The summed E-state index contributed by atoms with van der Waals surface area (Å²) < 4.78 is 5.87. The van der Waals surface area contributed by atoms with Crippen LogP contribution in [0.2, 0.25) is 0 Å². The molecular weight excluding hydrogens is 344 g/mol. The summed E-state index contributed by atoms with van der Waals surface area (Å²) in [6.45, 7) is 4.12. The van der Waals surface area contributed by atoms with Gasteiger partial charge in [0, 0.05) is 31.7 Å². The summed E-state index contributed by atoms with van der Waals surface area (Å²) in [6.07, 6.45) is 4.25. The molecule has 2 aliphatic heterocycles. The predicted molar refractivity (Wildman–Crippen MR) is 102 cm³/mol. The van der Waals surface area contributed by atoms with Crippen LogP contribution in [0.15, 0.2) is 46.3 Å². The number of carbonyl (C=O) groups is 2. The highest BCUT2D eigenvalue weighted by molar-refractivity contribution is 5.90. The third-order valence-electron chi connectivity index (χ3n) is 4.87. The minimum Gasteiger partial charge on any atom is -0.373 e. The van der Waals surface area contributed by atoms with Gasteiger partial charge in [0.15, 0.2) is 0 Å². The van der Waals surface area contributed by atoms with Crippen LogP contribution in [0.3, 0.4) is 0 Å². The van der Waals surface area contributed by atoms with Gasteiger partial charge in [-0.15, -0.1) is 0 Å². The fraction of sp³-hybridized carbons (Fsp3) is 0.500. The number of anilines is 1. The van der Waals surface area contributed by atoms with Gasteiger partial charge in [0.2, 0.25) is 11.8 Å². The van der Waals surface area contributed by atoms with E-state index in [1.54, 1.807) is 6.20 Å². The number of nitrogens with one attached hydrogen (secondary N) is 2. The first-order valence-electron chi connectivity index (χ1n) is 9.36. The van der Waals surface area contributed by atoms with Crippen molar-refractivity contribution in [2.24, 2.45) is 10.2 Å². The number of benzene rings is 1. The van der Waals surface area contributed by atoms with Crippen LogP contribution in [0.5, 0.6) is 0 Å². The van der Waals surface area contributed by atoms with Crippen LogP contribution in [0.1, 0.15) is 51.2 Å². The van der Waals surface area contributed by atoms with Gasteiger partial charge in [-0.1, -0.05) is 12.1 Å². The van der Waals surface area contributed by atoms with Crippen molar-refractivity contribution >= 4 is 17.5 Å². The first-order chi connectivity index (χ1) is 13.0. The van der Waals surface area contributed by atoms with E-state index < -0.39 is 0 Å². The van der Waals surface area contributed by atoms with Gasteiger partial charge in [0.1, 0.15) is 0 Å². The highest BCUT2D eigenvalue weighted by Crippen LogP contribution is 2.29. The predicted octanol–water partition coefficient (Wildman–Crippen LogP) is 3.50. The largest absolute Gasteiger partial charge is 0.373 e. The zero-order chi connectivity index (χ0) is 19.2. The molecule has 27 heavy (non-hydrogen) atoms. The molecule has 2 N–H and O–H groups in total. The van der Waals surface area contributed by atoms with Gasteiger partial charge >= 0.3 is 0 Å². The summed E-state index contributed by atoms with van der Waals surface area (Å²) >= 11 is 0. The van der Waals surface area contributed by atoms with Crippen molar-refractivity contribution in [2.45, 2.75) is 57.7 Å². The lowest BCUT2D eigenvalue weighted by Crippen LogP contribution is -2.38. The van der Waals surface area contributed by atoms with Crippen molar-refractivity contribution in [3.05, 3.63) is 41.6 Å². The highest BCUT2D eigenvalue weighted by atomic mass is 16.5. The lowest BCUT2D eigenvalue weighted by molar-refractivity contribution is -0.120. The zero-order valence-corrected chi connectivity index (χ0v) is 15.8. The molecule has 2 heterocycles. The fourth-order valence-corrected chi connectivity index (χ4v) is 3.42. The molecule has 7 heteroatoms. The van der Waals surface area contributed by atoms with Crippen LogP contribution in [-0.2, 0) is 14.3 Å². The smallest absolute Gasteiger partial charge is 0.224 e. The lowest BCUT2D eigenvalue weighted by atomic mass is 9.97.